The van der Waals surface area contributed by atoms with Crippen LogP contribution in [0.1, 0.15) is 24.5 Å². The molecule has 5 rings (SSSR count). The summed E-state index contributed by atoms with van der Waals surface area (Å²) in [5.74, 6) is -8.33. The average Bonchev–Trinajstić information content (AvgIpc) is 2.93. The number of ether oxygens (including phenoxy) is 1. The zero-order chi connectivity index (χ0) is 28.6. The van der Waals surface area contributed by atoms with Crippen LogP contribution < -0.4 is 4.74 Å². The molecule has 0 fully saturated rings. The third kappa shape index (κ3) is 5.13. The lowest BCUT2D eigenvalue weighted by molar-refractivity contribution is -0.187. The lowest BCUT2D eigenvalue weighted by atomic mass is 9.96. The fourth-order valence-corrected chi connectivity index (χ4v) is 4.55. The van der Waals surface area contributed by atoms with E-state index in [1.165, 1.54) is 11.6 Å². The first-order valence-corrected chi connectivity index (χ1v) is 12.4. The molecule has 8 heteroatoms. The lowest BCUT2D eigenvalue weighted by Gasteiger charge is -2.20. The molecular formula is C32H21F7O. The zero-order valence-corrected chi connectivity index (χ0v) is 21.1. The summed E-state index contributed by atoms with van der Waals surface area (Å²) in [6.45, 7) is 2.10. The fraction of sp³-hybridized carbons (Fsp3) is 0.125. The molecule has 0 aliphatic carbocycles. The molecule has 0 bridgehead atoms. The second-order valence-electron chi connectivity index (χ2n) is 9.30. The summed E-state index contributed by atoms with van der Waals surface area (Å²) in [5.41, 5.74) is 1.74. The minimum absolute atomic E-state index is 0.158. The predicted octanol–water partition coefficient (Wildman–Crippen LogP) is 9.95. The highest BCUT2D eigenvalue weighted by molar-refractivity contribution is 5.89. The van der Waals surface area contributed by atoms with E-state index in [0.717, 1.165) is 36.1 Å². The third-order valence-corrected chi connectivity index (χ3v) is 6.60. The summed E-state index contributed by atoms with van der Waals surface area (Å²) < 4.78 is 106. The van der Waals surface area contributed by atoms with Crippen LogP contribution in [0.2, 0.25) is 0 Å². The van der Waals surface area contributed by atoms with Crippen LogP contribution in [0, 0.1) is 29.1 Å². The number of fused-ring (bicyclic) bond motifs is 1. The van der Waals surface area contributed by atoms with Crippen molar-refractivity contribution in [1.29, 1.82) is 0 Å². The van der Waals surface area contributed by atoms with Gasteiger partial charge in [-0.15, -0.1) is 0 Å². The van der Waals surface area contributed by atoms with Gasteiger partial charge in [0.25, 0.3) is 0 Å². The van der Waals surface area contributed by atoms with Crippen LogP contribution in [0.25, 0.3) is 33.0 Å². The number of alkyl halides is 2. The van der Waals surface area contributed by atoms with Gasteiger partial charge in [-0.3, -0.25) is 0 Å². The molecule has 0 saturated carbocycles. The fourth-order valence-electron chi connectivity index (χ4n) is 4.55. The molecule has 0 radical (unpaired) electrons. The van der Waals surface area contributed by atoms with E-state index in [1.807, 2.05) is 24.3 Å². The Hall–Kier alpha value is -4.33. The number of benzene rings is 5. The van der Waals surface area contributed by atoms with Crippen LogP contribution in [0.15, 0.2) is 84.9 Å². The van der Waals surface area contributed by atoms with Crippen LogP contribution in [-0.4, -0.2) is 0 Å². The van der Waals surface area contributed by atoms with E-state index in [-0.39, 0.29) is 10.9 Å². The molecule has 0 saturated heterocycles. The van der Waals surface area contributed by atoms with Gasteiger partial charge in [0.05, 0.1) is 5.39 Å². The van der Waals surface area contributed by atoms with E-state index in [4.69, 9.17) is 0 Å². The minimum Gasteiger partial charge on any atom is -0.429 e. The van der Waals surface area contributed by atoms with Gasteiger partial charge in [0.2, 0.25) is 0 Å². The van der Waals surface area contributed by atoms with Gasteiger partial charge in [-0.05, 0) is 58.3 Å². The number of hydrogen-bond donors (Lipinski definition) is 0. The molecule has 0 atom stereocenters. The van der Waals surface area contributed by atoms with Crippen molar-refractivity contribution in [3.8, 4) is 28.0 Å². The Bertz CT molecular complexity index is 1690. The van der Waals surface area contributed by atoms with Gasteiger partial charge < -0.3 is 4.74 Å². The van der Waals surface area contributed by atoms with Crippen molar-refractivity contribution in [2.24, 2.45) is 0 Å². The maximum atomic E-state index is 15.2. The van der Waals surface area contributed by atoms with Crippen LogP contribution in [0.5, 0.6) is 5.75 Å². The molecule has 0 aliphatic rings. The Kier molecular flexibility index (Phi) is 7.27. The summed E-state index contributed by atoms with van der Waals surface area (Å²) in [4.78, 5) is 0. The Balaban J connectivity index is 1.48. The maximum Gasteiger partial charge on any atom is 0.429 e. The molecule has 0 unspecified atom stereocenters. The van der Waals surface area contributed by atoms with Crippen molar-refractivity contribution in [1.82, 2.24) is 0 Å². The van der Waals surface area contributed by atoms with Crippen molar-refractivity contribution in [2.45, 2.75) is 25.9 Å². The zero-order valence-electron chi connectivity index (χ0n) is 21.1. The van der Waals surface area contributed by atoms with Gasteiger partial charge in [-0.1, -0.05) is 67.9 Å². The Morgan fingerprint density at radius 1 is 0.625 bits per heavy atom. The summed E-state index contributed by atoms with van der Waals surface area (Å²) in [6.07, 6.45) is -2.41. The lowest BCUT2D eigenvalue weighted by Crippen LogP contribution is -2.23. The molecule has 40 heavy (non-hydrogen) atoms. The van der Waals surface area contributed by atoms with Gasteiger partial charge in [-0.2, -0.15) is 8.78 Å². The molecule has 0 aliphatic heterocycles. The maximum absolute atomic E-state index is 15.2. The van der Waals surface area contributed by atoms with Gasteiger partial charge in [-0.25, -0.2) is 22.0 Å². The van der Waals surface area contributed by atoms with Crippen LogP contribution in [0.3, 0.4) is 0 Å². The highest BCUT2D eigenvalue weighted by Crippen LogP contribution is 2.39. The molecule has 0 spiro atoms. The highest BCUT2D eigenvalue weighted by Gasteiger charge is 2.39. The van der Waals surface area contributed by atoms with Crippen molar-refractivity contribution >= 4 is 10.8 Å². The second kappa shape index (κ2) is 10.7. The van der Waals surface area contributed by atoms with E-state index in [0.29, 0.717) is 23.8 Å². The first kappa shape index (κ1) is 27.2. The first-order valence-electron chi connectivity index (χ1n) is 12.4. The molecule has 0 amide bonds. The quantitative estimate of drug-likeness (QED) is 0.182. The van der Waals surface area contributed by atoms with Gasteiger partial charge in [0.15, 0.2) is 23.3 Å². The van der Waals surface area contributed by atoms with Gasteiger partial charge in [0, 0.05) is 11.6 Å². The predicted molar refractivity (Wildman–Crippen MR) is 140 cm³/mol. The SMILES string of the molecule is CCCc1ccc(-c2ccc(-c3cc4ccc(C(F)(F)Oc5ccc(F)c(F)c5)c(F)c4c(F)c3F)cc2)cc1. The molecule has 0 heterocycles. The average molecular weight is 555 g/mol. The van der Waals surface area contributed by atoms with Gasteiger partial charge in [0.1, 0.15) is 17.1 Å². The Morgan fingerprint density at radius 2 is 1.25 bits per heavy atom. The van der Waals surface area contributed by atoms with Crippen molar-refractivity contribution in [2.75, 3.05) is 0 Å². The highest BCUT2D eigenvalue weighted by atomic mass is 19.3. The largest absolute Gasteiger partial charge is 0.429 e. The summed E-state index contributed by atoms with van der Waals surface area (Å²) in [6, 6.07) is 19.2. The van der Waals surface area contributed by atoms with Crippen LogP contribution in [-0.2, 0) is 12.5 Å². The topological polar surface area (TPSA) is 9.23 Å². The molecule has 1 nitrogen and oxygen atoms in total. The number of aryl methyl sites for hydroxylation is 1. The van der Waals surface area contributed by atoms with Crippen LogP contribution >= 0.6 is 0 Å². The summed E-state index contributed by atoms with van der Waals surface area (Å²) in [7, 11) is 0. The van der Waals surface area contributed by atoms with E-state index in [2.05, 4.69) is 11.7 Å². The van der Waals surface area contributed by atoms with E-state index in [1.54, 1.807) is 24.3 Å². The molecule has 0 N–H and O–H groups in total. The summed E-state index contributed by atoms with van der Waals surface area (Å²) >= 11 is 0. The molecule has 5 aromatic carbocycles. The Labute approximate surface area is 225 Å². The molecule has 204 valence electrons. The molecule has 0 aromatic heterocycles. The monoisotopic (exact) mass is 554 g/mol. The molecule has 5 aromatic rings. The van der Waals surface area contributed by atoms with Crippen molar-refractivity contribution in [3.05, 3.63) is 125 Å². The van der Waals surface area contributed by atoms with Gasteiger partial charge >= 0.3 is 6.11 Å². The first-order chi connectivity index (χ1) is 19.1. The van der Waals surface area contributed by atoms with Crippen LogP contribution in [0.4, 0.5) is 30.7 Å². The second-order valence-corrected chi connectivity index (χ2v) is 9.30. The minimum atomic E-state index is -4.41. The molecular weight excluding hydrogens is 533 g/mol. The third-order valence-electron chi connectivity index (χ3n) is 6.60. The Morgan fingerprint density at radius 3 is 1.88 bits per heavy atom. The number of hydrogen-bond acceptors (Lipinski definition) is 1. The van der Waals surface area contributed by atoms with Crippen molar-refractivity contribution in [3.63, 3.8) is 0 Å². The van der Waals surface area contributed by atoms with E-state index < -0.39 is 51.9 Å². The van der Waals surface area contributed by atoms with E-state index in [9.17, 15) is 17.6 Å². The number of rotatable bonds is 7. The smallest absolute Gasteiger partial charge is 0.429 e. The normalized spacial score (nSPS) is 11.7. The summed E-state index contributed by atoms with van der Waals surface area (Å²) in [5, 5.41) is -1.15. The van der Waals surface area contributed by atoms with Crippen molar-refractivity contribution < 1.29 is 35.5 Å². The standard InChI is InChI=1S/C32H21F7O/c1-2-3-18-4-6-19(7-5-18)20-8-10-21(11-9-20)24-16-22-12-14-25(30(36)28(22)31(37)29(24)35)32(38,39)40-23-13-15-26(33)27(34)17-23/h4-17H,2-3H2,1H3. The number of halogens is 7. The van der Waals surface area contributed by atoms with E-state index >= 15 is 13.2 Å².